The van der Waals surface area contributed by atoms with Crippen molar-refractivity contribution in [3.8, 4) is 10.9 Å². The highest BCUT2D eigenvalue weighted by Crippen LogP contribution is 2.29. The van der Waals surface area contributed by atoms with Gasteiger partial charge in [0.2, 0.25) is 4.96 Å². The van der Waals surface area contributed by atoms with Crippen LogP contribution in [0.4, 0.5) is 4.39 Å². The normalized spacial score (nSPS) is 11.1. The fourth-order valence-corrected chi connectivity index (χ4v) is 2.61. The molecule has 0 bridgehead atoms. The van der Waals surface area contributed by atoms with E-state index < -0.39 is 5.82 Å². The number of halogens is 2. The van der Waals surface area contributed by atoms with E-state index in [-0.39, 0.29) is 5.75 Å². The van der Waals surface area contributed by atoms with E-state index in [1.54, 1.807) is 22.8 Å². The lowest BCUT2D eigenvalue weighted by Crippen LogP contribution is -1.89. The molecule has 0 spiro atoms. The minimum absolute atomic E-state index is 0.145. The van der Waals surface area contributed by atoms with Gasteiger partial charge in [0, 0.05) is 4.47 Å². The molecular weight excluding hydrogens is 321 g/mol. The zero-order chi connectivity index (χ0) is 12.7. The number of hydrogen-bond donors (Lipinski definition) is 0. The van der Waals surface area contributed by atoms with Gasteiger partial charge < -0.3 is 4.74 Å². The van der Waals surface area contributed by atoms with Crippen LogP contribution in [0.15, 0.2) is 28.9 Å². The Morgan fingerprint density at radius 3 is 3.00 bits per heavy atom. The van der Waals surface area contributed by atoms with E-state index in [9.17, 15) is 4.39 Å². The van der Waals surface area contributed by atoms with E-state index in [2.05, 4.69) is 26.0 Å². The van der Waals surface area contributed by atoms with Crippen LogP contribution in [0, 0.1) is 12.7 Å². The first kappa shape index (κ1) is 11.6. The predicted molar refractivity (Wildman–Crippen MR) is 69.8 cm³/mol. The maximum absolute atomic E-state index is 13.6. The third-order valence-corrected chi connectivity index (χ3v) is 3.53. The highest BCUT2D eigenvalue weighted by atomic mass is 79.9. The molecular formula is C11H7BrFN3OS. The van der Waals surface area contributed by atoms with Gasteiger partial charge in [-0.25, -0.2) is 13.9 Å². The Morgan fingerprint density at radius 1 is 1.44 bits per heavy atom. The lowest BCUT2D eigenvalue weighted by atomic mass is 10.3. The molecule has 0 aliphatic heterocycles. The zero-order valence-corrected chi connectivity index (χ0v) is 11.6. The van der Waals surface area contributed by atoms with Gasteiger partial charge in [-0.05, 0) is 36.5 Å². The Morgan fingerprint density at radius 2 is 2.28 bits per heavy atom. The van der Waals surface area contributed by atoms with Crippen LogP contribution in [0.3, 0.4) is 0 Å². The monoisotopic (exact) mass is 327 g/mol. The molecule has 0 saturated heterocycles. The number of aryl methyl sites for hydroxylation is 1. The highest BCUT2D eigenvalue weighted by Gasteiger charge is 2.11. The number of benzene rings is 1. The summed E-state index contributed by atoms with van der Waals surface area (Å²) in [5, 5.41) is 4.52. The molecule has 0 unspecified atom stereocenters. The number of imidazole rings is 1. The molecule has 2 aromatic heterocycles. The van der Waals surface area contributed by atoms with Crippen molar-refractivity contribution in [1.82, 2.24) is 14.6 Å². The van der Waals surface area contributed by atoms with Crippen molar-refractivity contribution in [2.24, 2.45) is 0 Å². The summed E-state index contributed by atoms with van der Waals surface area (Å²) in [4.78, 5) is 4.97. The van der Waals surface area contributed by atoms with E-state index in [0.717, 1.165) is 10.7 Å². The van der Waals surface area contributed by atoms with Crippen LogP contribution < -0.4 is 4.74 Å². The fourth-order valence-electron chi connectivity index (χ4n) is 1.48. The van der Waals surface area contributed by atoms with Gasteiger partial charge in [0.25, 0.3) is 5.19 Å². The van der Waals surface area contributed by atoms with Crippen molar-refractivity contribution in [3.05, 3.63) is 40.4 Å². The number of nitrogens with zero attached hydrogens (tertiary/aromatic N) is 3. The van der Waals surface area contributed by atoms with Gasteiger partial charge in [-0.2, -0.15) is 0 Å². The first-order valence-corrected chi connectivity index (χ1v) is 6.68. The molecule has 3 rings (SSSR count). The van der Waals surface area contributed by atoms with E-state index >= 15 is 0 Å². The minimum Gasteiger partial charge on any atom is -0.427 e. The summed E-state index contributed by atoms with van der Waals surface area (Å²) in [7, 11) is 0. The number of rotatable bonds is 2. The second-order valence-electron chi connectivity index (χ2n) is 3.65. The van der Waals surface area contributed by atoms with Crippen LogP contribution in [0.1, 0.15) is 5.69 Å². The number of fused-ring (bicyclic) bond motifs is 1. The molecule has 0 aliphatic carbocycles. The molecule has 92 valence electrons. The summed E-state index contributed by atoms with van der Waals surface area (Å²) in [6.45, 7) is 1.89. The zero-order valence-electron chi connectivity index (χ0n) is 9.22. The Balaban J connectivity index is 1.93. The van der Waals surface area contributed by atoms with Crippen molar-refractivity contribution >= 4 is 32.2 Å². The molecule has 4 nitrogen and oxygen atoms in total. The first-order chi connectivity index (χ1) is 8.61. The summed E-state index contributed by atoms with van der Waals surface area (Å²) in [6, 6.07) is 4.61. The summed E-state index contributed by atoms with van der Waals surface area (Å²) in [5.41, 5.74) is 0.884. The van der Waals surface area contributed by atoms with Crippen molar-refractivity contribution in [1.29, 1.82) is 0 Å². The average Bonchev–Trinajstić information content (AvgIpc) is 2.79. The van der Waals surface area contributed by atoms with E-state index in [0.29, 0.717) is 9.67 Å². The Bertz CT molecular complexity index is 693. The molecule has 7 heteroatoms. The van der Waals surface area contributed by atoms with E-state index in [1.165, 1.54) is 17.4 Å². The van der Waals surface area contributed by atoms with Gasteiger partial charge in [0.05, 0.1) is 11.9 Å². The third-order valence-electron chi connectivity index (χ3n) is 2.24. The largest absolute Gasteiger partial charge is 0.427 e. The van der Waals surface area contributed by atoms with E-state index in [1.807, 2.05) is 6.92 Å². The number of aromatic nitrogens is 3. The van der Waals surface area contributed by atoms with Crippen LogP contribution in [-0.4, -0.2) is 14.6 Å². The topological polar surface area (TPSA) is 39.4 Å². The van der Waals surface area contributed by atoms with E-state index in [4.69, 9.17) is 4.74 Å². The second kappa shape index (κ2) is 4.33. The first-order valence-electron chi connectivity index (χ1n) is 5.07. The molecule has 3 aromatic rings. The SMILES string of the molecule is Cc1cn2nc(Oc3ccc(Br)cc3F)sc2n1. The standard InChI is InChI=1S/C11H7BrFN3OS/c1-6-5-16-10(14-6)18-11(15-16)17-9-3-2-7(12)4-8(9)13/h2-5H,1H3. The lowest BCUT2D eigenvalue weighted by Gasteiger charge is -2.02. The highest BCUT2D eigenvalue weighted by molar-refractivity contribution is 9.10. The van der Waals surface area contributed by atoms with Gasteiger partial charge >= 0.3 is 0 Å². The lowest BCUT2D eigenvalue weighted by molar-refractivity contribution is 0.433. The molecule has 2 heterocycles. The molecule has 0 amide bonds. The van der Waals surface area contributed by atoms with Gasteiger partial charge in [0.15, 0.2) is 11.6 Å². The van der Waals surface area contributed by atoms with Crippen LogP contribution in [0.2, 0.25) is 0 Å². The maximum atomic E-state index is 13.6. The second-order valence-corrected chi connectivity index (χ2v) is 5.49. The van der Waals surface area contributed by atoms with Crippen molar-refractivity contribution in [3.63, 3.8) is 0 Å². The number of hydrogen-bond acceptors (Lipinski definition) is 4. The number of ether oxygens (including phenoxy) is 1. The predicted octanol–water partition coefficient (Wildman–Crippen LogP) is 3.79. The van der Waals surface area contributed by atoms with Crippen LogP contribution in [-0.2, 0) is 0 Å². The Kier molecular flexibility index (Phi) is 2.79. The van der Waals surface area contributed by atoms with Gasteiger partial charge in [0.1, 0.15) is 0 Å². The summed E-state index contributed by atoms with van der Waals surface area (Å²) in [5.74, 6) is -0.291. The molecule has 1 aromatic carbocycles. The molecule has 0 aliphatic rings. The summed E-state index contributed by atoms with van der Waals surface area (Å²) >= 11 is 4.45. The molecule has 18 heavy (non-hydrogen) atoms. The Hall–Kier alpha value is -1.47. The molecule has 0 fully saturated rings. The van der Waals surface area contributed by atoms with Crippen molar-refractivity contribution < 1.29 is 9.13 Å². The average molecular weight is 328 g/mol. The fraction of sp³-hybridized carbons (Fsp3) is 0.0909. The third kappa shape index (κ3) is 2.11. The van der Waals surface area contributed by atoms with Crippen molar-refractivity contribution in [2.75, 3.05) is 0 Å². The molecule has 0 N–H and O–H groups in total. The van der Waals surface area contributed by atoms with Crippen LogP contribution in [0.5, 0.6) is 10.9 Å². The quantitative estimate of drug-likeness (QED) is 0.718. The summed E-state index contributed by atoms with van der Waals surface area (Å²) in [6.07, 6.45) is 1.79. The summed E-state index contributed by atoms with van der Waals surface area (Å²) < 4.78 is 21.3. The Labute approximate surface area is 114 Å². The molecule has 0 radical (unpaired) electrons. The molecule has 0 atom stereocenters. The molecule has 0 saturated carbocycles. The van der Waals surface area contributed by atoms with Gasteiger partial charge in [-0.3, -0.25) is 0 Å². The van der Waals surface area contributed by atoms with Gasteiger partial charge in [-0.1, -0.05) is 15.9 Å². The van der Waals surface area contributed by atoms with Crippen LogP contribution >= 0.6 is 27.3 Å². The van der Waals surface area contributed by atoms with Gasteiger partial charge in [-0.15, -0.1) is 5.10 Å². The van der Waals surface area contributed by atoms with Crippen molar-refractivity contribution in [2.45, 2.75) is 6.92 Å². The van der Waals surface area contributed by atoms with Crippen LogP contribution in [0.25, 0.3) is 4.96 Å². The smallest absolute Gasteiger partial charge is 0.299 e. The minimum atomic E-state index is -0.437. The maximum Gasteiger partial charge on any atom is 0.299 e.